The van der Waals surface area contributed by atoms with Gasteiger partial charge in [0.05, 0.1) is 17.6 Å². The predicted molar refractivity (Wildman–Crippen MR) is 183 cm³/mol. The number of nitrogens with zero attached hydrogens (tertiary/aromatic N) is 6. The zero-order chi connectivity index (χ0) is 33.5. The first-order valence-corrected chi connectivity index (χ1v) is 16.5. The number of anilines is 4. The first-order valence-electron chi connectivity index (χ1n) is 16.5. The third-order valence-corrected chi connectivity index (χ3v) is 9.69. The Bertz CT molecular complexity index is 1940. The first kappa shape index (κ1) is 31.6. The molecule has 0 radical (unpaired) electrons. The van der Waals surface area contributed by atoms with Crippen molar-refractivity contribution in [2.45, 2.75) is 45.8 Å². The number of nitrogens with one attached hydrogen (secondary N) is 1. The second-order valence-corrected chi connectivity index (χ2v) is 12.9. The highest BCUT2D eigenvalue weighted by atomic mass is 19.1. The summed E-state index contributed by atoms with van der Waals surface area (Å²) in [6.45, 7) is 5.84. The Hall–Kier alpha value is -4.97. The Morgan fingerprint density at radius 3 is 2.52 bits per heavy atom. The number of carbonyl (C=O) groups excluding carboxylic acids is 2. The van der Waals surface area contributed by atoms with Gasteiger partial charge in [0.15, 0.2) is 0 Å². The summed E-state index contributed by atoms with van der Waals surface area (Å²) in [5, 5.41) is 3.15. The van der Waals surface area contributed by atoms with Crippen LogP contribution in [0.4, 0.5) is 27.3 Å². The van der Waals surface area contributed by atoms with Gasteiger partial charge in [-0.1, -0.05) is 0 Å². The molecule has 1 aromatic carbocycles. The summed E-state index contributed by atoms with van der Waals surface area (Å²) in [6, 6.07) is 10.1. The number of rotatable bonds is 7. The van der Waals surface area contributed by atoms with Gasteiger partial charge in [-0.3, -0.25) is 14.4 Å². The van der Waals surface area contributed by atoms with E-state index in [1.807, 2.05) is 18.2 Å². The molecule has 4 aromatic rings. The molecule has 12 heteroatoms. The van der Waals surface area contributed by atoms with E-state index in [0.717, 1.165) is 57.5 Å². The van der Waals surface area contributed by atoms with Gasteiger partial charge in [0.25, 0.3) is 11.5 Å². The van der Waals surface area contributed by atoms with E-state index >= 15 is 4.39 Å². The summed E-state index contributed by atoms with van der Waals surface area (Å²) in [5.74, 6) is -0.780. The molecule has 0 bridgehead atoms. The maximum Gasteiger partial charge on any atom is 0.302 e. The molecule has 5 heterocycles. The molecule has 0 saturated carbocycles. The smallest absolute Gasteiger partial charge is 0.302 e. The van der Waals surface area contributed by atoms with E-state index in [0.29, 0.717) is 47.0 Å². The fraction of sp³-hybridized carbons (Fsp3) is 0.389. The minimum absolute atomic E-state index is 0.178. The Morgan fingerprint density at radius 1 is 0.979 bits per heavy atom. The molecule has 3 aliphatic rings. The lowest BCUT2D eigenvalue weighted by molar-refractivity contribution is -0.142. The highest BCUT2D eigenvalue weighted by Gasteiger charge is 2.32. The van der Waals surface area contributed by atoms with Gasteiger partial charge in [0.1, 0.15) is 29.6 Å². The van der Waals surface area contributed by atoms with Crippen LogP contribution in [0, 0.1) is 5.82 Å². The van der Waals surface area contributed by atoms with Crippen molar-refractivity contribution >= 4 is 34.8 Å². The van der Waals surface area contributed by atoms with Crippen molar-refractivity contribution in [1.29, 1.82) is 0 Å². The van der Waals surface area contributed by atoms with Gasteiger partial charge in [-0.25, -0.2) is 9.37 Å². The quantitative estimate of drug-likeness (QED) is 0.291. The fourth-order valence-corrected chi connectivity index (χ4v) is 7.11. The molecule has 1 N–H and O–H groups in total. The Morgan fingerprint density at radius 2 is 1.77 bits per heavy atom. The van der Waals surface area contributed by atoms with Gasteiger partial charge >= 0.3 is 5.97 Å². The molecule has 2 aliphatic heterocycles. The fourth-order valence-electron chi connectivity index (χ4n) is 7.11. The van der Waals surface area contributed by atoms with E-state index in [1.54, 1.807) is 30.4 Å². The number of hydrogen-bond acceptors (Lipinski definition) is 8. The van der Waals surface area contributed by atoms with Crippen molar-refractivity contribution in [1.82, 2.24) is 19.0 Å². The largest absolute Gasteiger partial charge is 0.461 e. The van der Waals surface area contributed by atoms with Crippen molar-refractivity contribution in [3.05, 3.63) is 87.5 Å². The van der Waals surface area contributed by atoms with Gasteiger partial charge in [0.2, 0.25) is 0 Å². The van der Waals surface area contributed by atoms with Crippen LogP contribution in [-0.2, 0) is 42.6 Å². The van der Waals surface area contributed by atoms with Gasteiger partial charge in [-0.05, 0) is 80.3 Å². The van der Waals surface area contributed by atoms with Crippen LogP contribution in [0.1, 0.15) is 47.1 Å². The Labute approximate surface area is 278 Å². The monoisotopic (exact) mass is 653 g/mol. The van der Waals surface area contributed by atoms with Crippen LogP contribution in [0.2, 0.25) is 0 Å². The molecule has 0 spiro atoms. The van der Waals surface area contributed by atoms with E-state index in [9.17, 15) is 14.4 Å². The summed E-state index contributed by atoms with van der Waals surface area (Å²) in [7, 11) is 3.73. The second-order valence-electron chi connectivity index (χ2n) is 12.9. The number of aryl methyl sites for hydroxylation is 2. The van der Waals surface area contributed by atoms with E-state index in [2.05, 4.69) is 31.7 Å². The van der Waals surface area contributed by atoms with Crippen molar-refractivity contribution in [2.75, 3.05) is 54.9 Å². The molecular formula is C36H40FN7O4. The summed E-state index contributed by atoms with van der Waals surface area (Å²) in [4.78, 5) is 50.0. The van der Waals surface area contributed by atoms with Crippen molar-refractivity contribution < 1.29 is 18.7 Å². The molecule has 11 nitrogen and oxygen atoms in total. The molecular weight excluding hydrogens is 613 g/mol. The predicted octanol–water partition coefficient (Wildman–Crippen LogP) is 4.49. The number of piperazine rings is 1. The molecule has 250 valence electrons. The molecule has 1 saturated heterocycles. The zero-order valence-corrected chi connectivity index (χ0v) is 27.6. The minimum atomic E-state index is -0.552. The number of fused-ring (bicyclic) bond motifs is 3. The van der Waals surface area contributed by atoms with Crippen molar-refractivity contribution in [3.63, 3.8) is 0 Å². The summed E-state index contributed by atoms with van der Waals surface area (Å²) >= 11 is 0. The third-order valence-electron chi connectivity index (χ3n) is 9.69. The van der Waals surface area contributed by atoms with Crippen LogP contribution in [-0.4, -0.2) is 70.7 Å². The van der Waals surface area contributed by atoms with E-state index in [-0.39, 0.29) is 23.8 Å². The molecule has 1 fully saturated rings. The molecule has 1 aliphatic carbocycles. The number of likely N-dealkylation sites (N-methyl/N-ethyl adjacent to an activating group) is 1. The van der Waals surface area contributed by atoms with E-state index in [1.165, 1.54) is 34.9 Å². The van der Waals surface area contributed by atoms with Crippen LogP contribution in [0.15, 0.2) is 53.6 Å². The number of amides is 1. The number of halogens is 1. The molecule has 3 aromatic heterocycles. The van der Waals surface area contributed by atoms with Crippen molar-refractivity contribution in [2.24, 2.45) is 7.05 Å². The number of hydrogen-bond donors (Lipinski definition) is 1. The summed E-state index contributed by atoms with van der Waals surface area (Å²) < 4.78 is 24.5. The first-order chi connectivity index (χ1) is 23.2. The van der Waals surface area contributed by atoms with Gasteiger partial charge in [-0.2, -0.15) is 0 Å². The highest BCUT2D eigenvalue weighted by molar-refractivity contribution is 6.07. The maximum atomic E-state index is 15.5. The number of benzene rings is 1. The van der Waals surface area contributed by atoms with Crippen molar-refractivity contribution in [3.8, 4) is 11.1 Å². The number of carbonyl (C=O) groups is 2. The van der Waals surface area contributed by atoms with E-state index in [4.69, 9.17) is 4.74 Å². The molecule has 0 atom stereocenters. The van der Waals surface area contributed by atoms with Crippen LogP contribution in [0.3, 0.4) is 0 Å². The van der Waals surface area contributed by atoms with Gasteiger partial charge in [-0.15, -0.1) is 0 Å². The summed E-state index contributed by atoms with van der Waals surface area (Å²) in [5.41, 5.74) is 5.73. The zero-order valence-electron chi connectivity index (χ0n) is 27.6. The molecule has 0 unspecified atom stereocenters. The average molecular weight is 654 g/mol. The van der Waals surface area contributed by atoms with Crippen LogP contribution >= 0.6 is 0 Å². The molecule has 7 rings (SSSR count). The van der Waals surface area contributed by atoms with Gasteiger partial charge in [0, 0.05) is 76.3 Å². The summed E-state index contributed by atoms with van der Waals surface area (Å²) in [6.07, 6.45) is 7.50. The minimum Gasteiger partial charge on any atom is -0.461 e. The molecule has 1 amide bonds. The second kappa shape index (κ2) is 12.9. The Kier molecular flexibility index (Phi) is 8.50. The average Bonchev–Trinajstić information content (AvgIpc) is 3.46. The van der Waals surface area contributed by atoms with Crippen LogP contribution in [0.25, 0.3) is 11.1 Å². The van der Waals surface area contributed by atoms with Gasteiger partial charge < -0.3 is 33.9 Å². The highest BCUT2D eigenvalue weighted by Crippen LogP contribution is 2.37. The number of aromatic nitrogens is 3. The topological polar surface area (TPSA) is 105 Å². The number of pyridine rings is 2. The lowest BCUT2D eigenvalue weighted by Gasteiger charge is -2.33. The lowest BCUT2D eigenvalue weighted by atomic mass is 9.97. The third kappa shape index (κ3) is 6.08. The Balaban J connectivity index is 1.24. The number of ether oxygens (including phenoxy) is 1. The molecule has 48 heavy (non-hydrogen) atoms. The number of esters is 1. The van der Waals surface area contributed by atoms with E-state index < -0.39 is 11.8 Å². The SMILES string of the molecule is CC(=O)OCc1c(-c2cc(Nc3ccc(N4CCN(C)CC4)cn3)c(=O)n(C)c2)cc(F)cc1N1CCn2c(cc3c2CCCC3)C1=O. The van der Waals surface area contributed by atoms with Crippen LogP contribution < -0.4 is 20.7 Å². The standard InChI is InChI=1S/C36H40FN7O4/c1-23(45)48-22-29-28(18-26(37)19-32(29)44-15-14-43-31-7-5-4-6-24(31)17-33(43)36(44)47)25-16-30(35(46)41(3)21-25)39-34-9-8-27(20-38-34)42-12-10-40(2)11-13-42/h8-9,16-21H,4-7,10-15,22H2,1-3H3,(H,38,39). The lowest BCUT2D eigenvalue weighted by Crippen LogP contribution is -2.44. The normalized spacial score (nSPS) is 16.5. The van der Waals surface area contributed by atoms with Crippen LogP contribution in [0.5, 0.6) is 0 Å². The maximum absolute atomic E-state index is 15.5.